The summed E-state index contributed by atoms with van der Waals surface area (Å²) in [5, 5.41) is 7.50. The predicted octanol–water partition coefficient (Wildman–Crippen LogP) is 2.09. The molecule has 6 heteroatoms. The molecule has 1 fully saturated rings. The van der Waals surface area contributed by atoms with Gasteiger partial charge in [0.25, 0.3) is 0 Å². The van der Waals surface area contributed by atoms with Crippen molar-refractivity contribution in [1.82, 2.24) is 20.2 Å². The molecule has 1 N–H and O–H groups in total. The number of aryl methyl sites for hydroxylation is 1. The van der Waals surface area contributed by atoms with E-state index in [0.717, 1.165) is 29.6 Å². The highest BCUT2D eigenvalue weighted by Crippen LogP contribution is 2.39. The third-order valence-corrected chi connectivity index (χ3v) is 3.75. The Bertz CT molecular complexity index is 629. The van der Waals surface area contributed by atoms with E-state index in [0.29, 0.717) is 5.92 Å². The summed E-state index contributed by atoms with van der Waals surface area (Å²) in [4.78, 5) is 13.1. The van der Waals surface area contributed by atoms with Crippen LogP contribution in [0, 0.1) is 6.92 Å². The number of aromatic amines is 1. The van der Waals surface area contributed by atoms with Crippen LogP contribution in [0.5, 0.6) is 0 Å². The van der Waals surface area contributed by atoms with E-state index < -0.39 is 0 Å². The Labute approximate surface area is 125 Å². The van der Waals surface area contributed by atoms with E-state index in [1.165, 1.54) is 18.5 Å². The molecule has 6 nitrogen and oxygen atoms in total. The van der Waals surface area contributed by atoms with Gasteiger partial charge in [0.2, 0.25) is 5.95 Å². The fraction of sp³-hybridized carbons (Fsp3) is 0.533. The fourth-order valence-electron chi connectivity index (χ4n) is 2.44. The third kappa shape index (κ3) is 2.99. The molecule has 0 aliphatic heterocycles. The number of H-pyrrole nitrogens is 1. The van der Waals surface area contributed by atoms with E-state index in [4.69, 9.17) is 0 Å². The molecular formula is C15H22N6. The lowest BCUT2D eigenvalue weighted by Crippen LogP contribution is -2.21. The molecule has 112 valence electrons. The molecule has 3 rings (SSSR count). The van der Waals surface area contributed by atoms with E-state index in [2.05, 4.69) is 26.2 Å². The van der Waals surface area contributed by atoms with Crippen LogP contribution in [0.4, 0.5) is 11.8 Å². The number of hydrogen-bond acceptors (Lipinski definition) is 5. The topological polar surface area (TPSA) is 60.9 Å². The number of rotatable bonds is 5. The minimum atomic E-state index is 0.677. The molecule has 2 heterocycles. The molecular weight excluding hydrogens is 264 g/mol. The van der Waals surface area contributed by atoms with Gasteiger partial charge in [0.05, 0.1) is 17.9 Å². The highest BCUT2D eigenvalue weighted by molar-refractivity contribution is 5.48. The highest BCUT2D eigenvalue weighted by Gasteiger charge is 2.26. The molecule has 2 aromatic heterocycles. The van der Waals surface area contributed by atoms with Gasteiger partial charge in [0, 0.05) is 38.8 Å². The molecule has 21 heavy (non-hydrogen) atoms. The first-order valence-corrected chi connectivity index (χ1v) is 7.31. The van der Waals surface area contributed by atoms with Crippen LogP contribution in [-0.4, -0.2) is 41.3 Å². The van der Waals surface area contributed by atoms with Crippen LogP contribution in [0.1, 0.15) is 35.7 Å². The molecule has 0 bridgehead atoms. The molecule has 0 unspecified atom stereocenters. The molecule has 1 aliphatic carbocycles. The van der Waals surface area contributed by atoms with Crippen molar-refractivity contribution in [2.75, 3.05) is 30.9 Å². The summed E-state index contributed by atoms with van der Waals surface area (Å²) >= 11 is 0. The molecule has 1 aliphatic rings. The van der Waals surface area contributed by atoms with Crippen LogP contribution < -0.4 is 9.80 Å². The largest absolute Gasteiger partial charge is 0.362 e. The summed E-state index contributed by atoms with van der Waals surface area (Å²) in [6.07, 6.45) is 4.41. The lowest BCUT2D eigenvalue weighted by molar-refractivity contribution is 0.824. The number of nitrogens with one attached hydrogen (secondary N) is 1. The van der Waals surface area contributed by atoms with Gasteiger partial charge in [-0.05, 0) is 25.8 Å². The smallest absolute Gasteiger partial charge is 0.227 e. The zero-order valence-electron chi connectivity index (χ0n) is 13.1. The lowest BCUT2D eigenvalue weighted by Gasteiger charge is -2.20. The molecule has 0 amide bonds. The standard InChI is InChI=1S/C15H22N6/c1-10-8-16-15(17-14(10)20(2)3)21(4)9-12-7-13(19-18-12)11-5-6-11/h7-8,11H,5-6,9H2,1-4H3,(H,18,19). The van der Waals surface area contributed by atoms with Crippen LogP contribution in [-0.2, 0) is 6.54 Å². The van der Waals surface area contributed by atoms with Gasteiger partial charge in [-0.3, -0.25) is 5.10 Å². The molecule has 0 saturated heterocycles. The second kappa shape index (κ2) is 5.35. The van der Waals surface area contributed by atoms with Crippen molar-refractivity contribution >= 4 is 11.8 Å². The summed E-state index contributed by atoms with van der Waals surface area (Å²) in [6.45, 7) is 2.76. The second-order valence-electron chi connectivity index (χ2n) is 6.02. The second-order valence-corrected chi connectivity index (χ2v) is 6.02. The highest BCUT2D eigenvalue weighted by atomic mass is 15.3. The third-order valence-electron chi connectivity index (χ3n) is 3.75. The summed E-state index contributed by atoms with van der Waals surface area (Å²) in [6, 6.07) is 2.16. The number of nitrogens with zero attached hydrogens (tertiary/aromatic N) is 5. The van der Waals surface area contributed by atoms with Crippen molar-refractivity contribution in [2.24, 2.45) is 0 Å². The van der Waals surface area contributed by atoms with E-state index in [1.807, 2.05) is 44.1 Å². The van der Waals surface area contributed by atoms with Gasteiger partial charge in [0.1, 0.15) is 5.82 Å². The van der Waals surface area contributed by atoms with Crippen LogP contribution in [0.3, 0.4) is 0 Å². The first kappa shape index (κ1) is 13.9. The van der Waals surface area contributed by atoms with Crippen molar-refractivity contribution in [3.8, 4) is 0 Å². The molecule has 0 atom stereocenters. The van der Waals surface area contributed by atoms with E-state index in [-0.39, 0.29) is 0 Å². The summed E-state index contributed by atoms with van der Waals surface area (Å²) in [5.74, 6) is 2.36. The summed E-state index contributed by atoms with van der Waals surface area (Å²) < 4.78 is 0. The van der Waals surface area contributed by atoms with Crippen LogP contribution in [0.25, 0.3) is 0 Å². The Hall–Kier alpha value is -2.11. The number of hydrogen-bond donors (Lipinski definition) is 1. The SMILES string of the molecule is Cc1cnc(N(C)Cc2cc(C3CC3)n[nH]2)nc1N(C)C. The van der Waals surface area contributed by atoms with Gasteiger partial charge in [-0.25, -0.2) is 4.98 Å². The monoisotopic (exact) mass is 286 g/mol. The fourth-order valence-corrected chi connectivity index (χ4v) is 2.44. The molecule has 1 saturated carbocycles. The average molecular weight is 286 g/mol. The predicted molar refractivity (Wildman–Crippen MR) is 83.8 cm³/mol. The molecule has 0 aromatic carbocycles. The molecule has 0 spiro atoms. The Morgan fingerprint density at radius 1 is 1.29 bits per heavy atom. The first-order chi connectivity index (χ1) is 10.0. The maximum atomic E-state index is 4.63. The lowest BCUT2D eigenvalue weighted by atomic mass is 10.2. The Balaban J connectivity index is 1.74. The van der Waals surface area contributed by atoms with Gasteiger partial charge in [-0.2, -0.15) is 10.1 Å². The van der Waals surface area contributed by atoms with E-state index in [9.17, 15) is 0 Å². The van der Waals surface area contributed by atoms with Crippen LogP contribution in [0.15, 0.2) is 12.3 Å². The van der Waals surface area contributed by atoms with Crippen molar-refractivity contribution in [3.05, 3.63) is 29.2 Å². The quantitative estimate of drug-likeness (QED) is 0.912. The molecule has 0 radical (unpaired) electrons. The van der Waals surface area contributed by atoms with Gasteiger partial charge in [-0.15, -0.1) is 0 Å². The van der Waals surface area contributed by atoms with Gasteiger partial charge >= 0.3 is 0 Å². The average Bonchev–Trinajstić information content (AvgIpc) is 3.19. The first-order valence-electron chi connectivity index (χ1n) is 7.31. The summed E-state index contributed by atoms with van der Waals surface area (Å²) in [5.41, 5.74) is 3.38. The van der Waals surface area contributed by atoms with E-state index >= 15 is 0 Å². The van der Waals surface area contributed by atoms with E-state index in [1.54, 1.807) is 0 Å². The minimum Gasteiger partial charge on any atom is -0.362 e. The Morgan fingerprint density at radius 2 is 2.05 bits per heavy atom. The van der Waals surface area contributed by atoms with Gasteiger partial charge < -0.3 is 9.80 Å². The van der Waals surface area contributed by atoms with Crippen molar-refractivity contribution in [3.63, 3.8) is 0 Å². The molecule has 2 aromatic rings. The van der Waals surface area contributed by atoms with Gasteiger partial charge in [-0.1, -0.05) is 0 Å². The maximum absolute atomic E-state index is 4.63. The number of anilines is 2. The maximum Gasteiger partial charge on any atom is 0.227 e. The number of aromatic nitrogens is 4. The van der Waals surface area contributed by atoms with Crippen molar-refractivity contribution in [1.29, 1.82) is 0 Å². The minimum absolute atomic E-state index is 0.677. The summed E-state index contributed by atoms with van der Waals surface area (Å²) in [7, 11) is 5.99. The van der Waals surface area contributed by atoms with Crippen molar-refractivity contribution in [2.45, 2.75) is 32.2 Å². The van der Waals surface area contributed by atoms with Crippen molar-refractivity contribution < 1.29 is 0 Å². The Kier molecular flexibility index (Phi) is 3.53. The Morgan fingerprint density at radius 3 is 2.71 bits per heavy atom. The normalized spacial score (nSPS) is 14.3. The van der Waals surface area contributed by atoms with Gasteiger partial charge in [0.15, 0.2) is 0 Å². The zero-order valence-corrected chi connectivity index (χ0v) is 13.1. The van der Waals surface area contributed by atoms with Crippen LogP contribution in [0.2, 0.25) is 0 Å². The van der Waals surface area contributed by atoms with Crippen LogP contribution >= 0.6 is 0 Å². The zero-order chi connectivity index (χ0) is 15.0.